The first-order valence-electron chi connectivity index (χ1n) is 12.2. The number of hydrogen-bond acceptors (Lipinski definition) is 2. The van der Waals surface area contributed by atoms with Gasteiger partial charge >= 0.3 is 0 Å². The van der Waals surface area contributed by atoms with Crippen molar-refractivity contribution >= 4 is 54.8 Å². The van der Waals surface area contributed by atoms with Gasteiger partial charge < -0.3 is 8.98 Å². The standard InChI is InChI=1S/C33H20N2O/c1-5-13-27-25(11-1)31(33-32(34-27)26-12-4-8-16-30(26)36-33)21-17-19-22(20-18-21)35-28-14-6-2-9-23(28)24-10-3-7-15-29(24)35/h1-20H. The third-order valence-corrected chi connectivity index (χ3v) is 7.20. The largest absolute Gasteiger partial charge is 0.454 e. The molecule has 0 aliphatic heterocycles. The van der Waals surface area contributed by atoms with Gasteiger partial charge in [0, 0.05) is 32.8 Å². The van der Waals surface area contributed by atoms with Crippen molar-refractivity contribution in [2.75, 3.05) is 0 Å². The molecular formula is C33H20N2O. The van der Waals surface area contributed by atoms with Gasteiger partial charge in [-0.3, -0.25) is 0 Å². The molecule has 0 saturated heterocycles. The highest BCUT2D eigenvalue weighted by Crippen LogP contribution is 2.40. The summed E-state index contributed by atoms with van der Waals surface area (Å²) in [5, 5.41) is 4.66. The van der Waals surface area contributed by atoms with E-state index in [0.29, 0.717) is 0 Å². The zero-order chi connectivity index (χ0) is 23.6. The lowest BCUT2D eigenvalue weighted by Gasteiger charge is -2.11. The van der Waals surface area contributed by atoms with Gasteiger partial charge in [0.15, 0.2) is 5.58 Å². The van der Waals surface area contributed by atoms with Gasteiger partial charge in [0.05, 0.1) is 16.6 Å². The summed E-state index contributed by atoms with van der Waals surface area (Å²) in [7, 11) is 0. The highest BCUT2D eigenvalue weighted by Gasteiger charge is 2.18. The van der Waals surface area contributed by atoms with E-state index in [0.717, 1.165) is 49.8 Å². The van der Waals surface area contributed by atoms with Gasteiger partial charge in [0.25, 0.3) is 0 Å². The Kier molecular flexibility index (Phi) is 3.94. The first-order valence-corrected chi connectivity index (χ1v) is 12.2. The predicted molar refractivity (Wildman–Crippen MR) is 149 cm³/mol. The minimum atomic E-state index is 0.833. The molecule has 0 saturated carbocycles. The Morgan fingerprint density at radius 1 is 0.528 bits per heavy atom. The second-order valence-electron chi connectivity index (χ2n) is 9.20. The monoisotopic (exact) mass is 460 g/mol. The van der Waals surface area contributed by atoms with Crippen LogP contribution in [0.15, 0.2) is 126 Å². The number of furan rings is 1. The number of para-hydroxylation sites is 4. The molecule has 0 N–H and O–H groups in total. The van der Waals surface area contributed by atoms with Gasteiger partial charge in [0.1, 0.15) is 11.1 Å². The summed E-state index contributed by atoms with van der Waals surface area (Å²) < 4.78 is 8.74. The summed E-state index contributed by atoms with van der Waals surface area (Å²) in [5.41, 5.74) is 9.32. The van der Waals surface area contributed by atoms with Crippen LogP contribution in [0.1, 0.15) is 0 Å². The molecule has 168 valence electrons. The molecule has 0 aliphatic carbocycles. The van der Waals surface area contributed by atoms with Crippen molar-refractivity contribution in [2.45, 2.75) is 0 Å². The molecule has 0 bridgehead atoms. The molecule has 36 heavy (non-hydrogen) atoms. The Morgan fingerprint density at radius 3 is 1.83 bits per heavy atom. The van der Waals surface area contributed by atoms with Crippen LogP contribution in [0.25, 0.3) is 71.6 Å². The van der Waals surface area contributed by atoms with Crippen LogP contribution in [-0.4, -0.2) is 9.55 Å². The Hall–Kier alpha value is -4.89. The Morgan fingerprint density at radius 2 is 1.11 bits per heavy atom. The van der Waals surface area contributed by atoms with Crippen LogP contribution in [0.4, 0.5) is 0 Å². The van der Waals surface area contributed by atoms with E-state index in [4.69, 9.17) is 9.40 Å². The first kappa shape index (κ1) is 19.4. The van der Waals surface area contributed by atoms with E-state index in [1.54, 1.807) is 0 Å². The van der Waals surface area contributed by atoms with Crippen LogP contribution >= 0.6 is 0 Å². The summed E-state index contributed by atoms with van der Waals surface area (Å²) in [4.78, 5) is 4.98. The van der Waals surface area contributed by atoms with E-state index in [9.17, 15) is 0 Å². The molecule has 0 fully saturated rings. The molecule has 3 heterocycles. The highest BCUT2D eigenvalue weighted by molar-refractivity contribution is 6.15. The Balaban J connectivity index is 1.39. The summed E-state index contributed by atoms with van der Waals surface area (Å²) in [5.74, 6) is 0. The van der Waals surface area contributed by atoms with Crippen molar-refractivity contribution in [2.24, 2.45) is 0 Å². The molecule has 3 heteroatoms. The van der Waals surface area contributed by atoms with Crippen LogP contribution in [-0.2, 0) is 0 Å². The number of pyridine rings is 1. The molecule has 0 amide bonds. The molecule has 5 aromatic carbocycles. The van der Waals surface area contributed by atoms with E-state index in [1.807, 2.05) is 24.3 Å². The number of fused-ring (bicyclic) bond motifs is 7. The third-order valence-electron chi connectivity index (χ3n) is 7.20. The zero-order valence-electron chi connectivity index (χ0n) is 19.3. The molecule has 0 radical (unpaired) electrons. The van der Waals surface area contributed by atoms with Crippen molar-refractivity contribution < 1.29 is 4.42 Å². The van der Waals surface area contributed by atoms with Gasteiger partial charge in [0.2, 0.25) is 0 Å². The zero-order valence-corrected chi connectivity index (χ0v) is 19.3. The predicted octanol–water partition coefficient (Wildman–Crippen LogP) is 8.90. The maximum atomic E-state index is 6.40. The van der Waals surface area contributed by atoms with E-state index in [2.05, 4.69) is 102 Å². The van der Waals surface area contributed by atoms with Gasteiger partial charge in [-0.05, 0) is 48.0 Å². The van der Waals surface area contributed by atoms with Crippen molar-refractivity contribution in [3.05, 3.63) is 121 Å². The summed E-state index contributed by atoms with van der Waals surface area (Å²) >= 11 is 0. The average molecular weight is 461 g/mol. The molecule has 3 nitrogen and oxygen atoms in total. The van der Waals surface area contributed by atoms with Crippen LogP contribution in [0.2, 0.25) is 0 Å². The SMILES string of the molecule is c1ccc2c(-c3ccc(-n4c5ccccc5c5ccccc54)cc3)c3oc4ccccc4c3nc2c1. The van der Waals surface area contributed by atoms with Crippen LogP contribution < -0.4 is 0 Å². The number of hydrogen-bond donors (Lipinski definition) is 0. The lowest BCUT2D eigenvalue weighted by atomic mass is 9.99. The van der Waals surface area contributed by atoms with E-state index in [1.165, 1.54) is 21.8 Å². The van der Waals surface area contributed by atoms with Crippen molar-refractivity contribution in [3.8, 4) is 16.8 Å². The molecule has 3 aromatic heterocycles. The number of benzene rings is 5. The van der Waals surface area contributed by atoms with Crippen molar-refractivity contribution in [1.82, 2.24) is 9.55 Å². The van der Waals surface area contributed by atoms with Crippen LogP contribution in [0.3, 0.4) is 0 Å². The van der Waals surface area contributed by atoms with E-state index in [-0.39, 0.29) is 0 Å². The second-order valence-corrected chi connectivity index (χ2v) is 9.20. The fourth-order valence-corrected chi connectivity index (χ4v) is 5.60. The number of rotatable bonds is 2. The van der Waals surface area contributed by atoms with Crippen molar-refractivity contribution in [3.63, 3.8) is 0 Å². The minimum Gasteiger partial charge on any atom is -0.454 e. The van der Waals surface area contributed by atoms with Gasteiger partial charge in [-0.1, -0.05) is 78.9 Å². The quantitative estimate of drug-likeness (QED) is 0.258. The lowest BCUT2D eigenvalue weighted by molar-refractivity contribution is 0.670. The molecule has 0 atom stereocenters. The Bertz CT molecular complexity index is 2040. The topological polar surface area (TPSA) is 31.0 Å². The Labute approximate surface area is 206 Å². The van der Waals surface area contributed by atoms with Crippen LogP contribution in [0.5, 0.6) is 0 Å². The van der Waals surface area contributed by atoms with Gasteiger partial charge in [-0.2, -0.15) is 0 Å². The molecule has 8 aromatic rings. The first-order chi connectivity index (χ1) is 17.9. The fourth-order valence-electron chi connectivity index (χ4n) is 5.60. The highest BCUT2D eigenvalue weighted by atomic mass is 16.3. The summed E-state index contributed by atoms with van der Waals surface area (Å²) in [6, 6.07) is 42.5. The maximum absolute atomic E-state index is 6.40. The fraction of sp³-hybridized carbons (Fsp3) is 0. The molecular weight excluding hydrogens is 440 g/mol. The van der Waals surface area contributed by atoms with Gasteiger partial charge in [-0.15, -0.1) is 0 Å². The van der Waals surface area contributed by atoms with E-state index < -0.39 is 0 Å². The normalized spacial score (nSPS) is 11.9. The number of aromatic nitrogens is 2. The minimum absolute atomic E-state index is 0.833. The molecule has 8 rings (SSSR count). The van der Waals surface area contributed by atoms with Crippen LogP contribution in [0, 0.1) is 0 Å². The molecule has 0 unspecified atom stereocenters. The van der Waals surface area contributed by atoms with Gasteiger partial charge in [-0.25, -0.2) is 4.98 Å². The smallest absolute Gasteiger partial charge is 0.162 e. The third kappa shape index (κ3) is 2.65. The van der Waals surface area contributed by atoms with E-state index >= 15 is 0 Å². The number of nitrogens with zero attached hydrogens (tertiary/aromatic N) is 2. The maximum Gasteiger partial charge on any atom is 0.162 e. The molecule has 0 spiro atoms. The second kappa shape index (κ2) is 7.30. The average Bonchev–Trinajstić information content (AvgIpc) is 3.48. The van der Waals surface area contributed by atoms with Crippen molar-refractivity contribution in [1.29, 1.82) is 0 Å². The summed E-state index contributed by atoms with van der Waals surface area (Å²) in [6.45, 7) is 0. The lowest BCUT2D eigenvalue weighted by Crippen LogP contribution is -1.94. The molecule has 0 aliphatic rings. The summed E-state index contributed by atoms with van der Waals surface area (Å²) in [6.07, 6.45) is 0.